The Bertz CT molecular complexity index is 455. The number of aryl methyl sites for hydroxylation is 1. The molecular formula is C9H9N3O4. The minimum absolute atomic E-state index is 0.0725. The van der Waals surface area contributed by atoms with Crippen LogP contribution in [0.15, 0.2) is 12.3 Å². The molecule has 0 bridgehead atoms. The molecule has 0 amide bonds. The maximum Gasteiger partial charge on any atom is 0.287 e. The molecule has 1 heterocycles. The molecule has 0 saturated carbocycles. The van der Waals surface area contributed by atoms with Crippen molar-refractivity contribution >= 4 is 5.69 Å². The summed E-state index contributed by atoms with van der Waals surface area (Å²) < 4.78 is 0. The maximum absolute atomic E-state index is 10.5. The second-order valence-electron chi connectivity index (χ2n) is 3.14. The van der Waals surface area contributed by atoms with Gasteiger partial charge in [-0.15, -0.1) is 0 Å². The number of nitrogens with zero attached hydrogens (tertiary/aromatic N) is 3. The van der Waals surface area contributed by atoms with Gasteiger partial charge in [0.15, 0.2) is 6.10 Å². The number of nitriles is 1. The highest BCUT2D eigenvalue weighted by Gasteiger charge is 2.22. The van der Waals surface area contributed by atoms with Crippen LogP contribution in [0.3, 0.4) is 0 Å². The van der Waals surface area contributed by atoms with Gasteiger partial charge in [0, 0.05) is 17.3 Å². The van der Waals surface area contributed by atoms with E-state index in [4.69, 9.17) is 10.4 Å². The average molecular weight is 223 g/mol. The van der Waals surface area contributed by atoms with E-state index in [1.807, 2.05) is 0 Å². The van der Waals surface area contributed by atoms with Crippen LogP contribution >= 0.6 is 0 Å². The monoisotopic (exact) mass is 223 g/mol. The first kappa shape index (κ1) is 12.0. The first-order chi connectivity index (χ1) is 7.47. The van der Waals surface area contributed by atoms with Crippen LogP contribution in [-0.4, -0.2) is 26.2 Å². The largest absolute Gasteiger partial charge is 0.384 e. The van der Waals surface area contributed by atoms with E-state index in [2.05, 4.69) is 4.98 Å². The maximum atomic E-state index is 10.5. The number of hydrogen-bond donors (Lipinski definition) is 2. The van der Waals surface area contributed by atoms with Gasteiger partial charge >= 0.3 is 0 Å². The van der Waals surface area contributed by atoms with Crippen molar-refractivity contribution < 1.29 is 15.1 Å². The van der Waals surface area contributed by atoms with Gasteiger partial charge in [0.1, 0.15) is 12.3 Å². The zero-order chi connectivity index (χ0) is 12.3. The molecule has 0 spiro atoms. The molecule has 1 aromatic rings. The summed E-state index contributed by atoms with van der Waals surface area (Å²) in [6.45, 7) is 1.52. The van der Waals surface area contributed by atoms with E-state index in [0.717, 1.165) is 12.3 Å². The summed E-state index contributed by atoms with van der Waals surface area (Å²) in [6.07, 6.45) is -2.09. The molecule has 16 heavy (non-hydrogen) atoms. The lowest BCUT2D eigenvalue weighted by Gasteiger charge is -2.13. The number of aliphatic hydroxyl groups excluding tert-OH is 2. The van der Waals surface area contributed by atoms with E-state index in [1.165, 1.54) is 13.0 Å². The standard InChI is InChI=1S/C9H9N3O4/c1-5-7(9(14)8(13)3-10)2-6(4-11-5)12(15)16/h2,4,8-9,13-14H,1H3. The van der Waals surface area contributed by atoms with Crippen LogP contribution in [0.25, 0.3) is 0 Å². The molecule has 7 nitrogen and oxygen atoms in total. The molecule has 0 fully saturated rings. The Morgan fingerprint density at radius 2 is 2.25 bits per heavy atom. The number of aliphatic hydroxyl groups is 2. The zero-order valence-corrected chi connectivity index (χ0v) is 8.36. The van der Waals surface area contributed by atoms with Crippen molar-refractivity contribution in [3.05, 3.63) is 33.6 Å². The highest BCUT2D eigenvalue weighted by molar-refractivity contribution is 5.36. The minimum atomic E-state index is -1.64. The Morgan fingerprint density at radius 1 is 1.62 bits per heavy atom. The van der Waals surface area contributed by atoms with Crippen molar-refractivity contribution in [2.24, 2.45) is 0 Å². The van der Waals surface area contributed by atoms with Gasteiger partial charge in [0.25, 0.3) is 5.69 Å². The second kappa shape index (κ2) is 4.65. The van der Waals surface area contributed by atoms with Gasteiger partial charge in [-0.1, -0.05) is 0 Å². The summed E-state index contributed by atoms with van der Waals surface area (Å²) in [4.78, 5) is 13.5. The SMILES string of the molecule is Cc1ncc([N+](=O)[O-])cc1C(O)C(O)C#N. The second-order valence-corrected chi connectivity index (χ2v) is 3.14. The van der Waals surface area contributed by atoms with Crippen LogP contribution in [0.4, 0.5) is 5.69 Å². The van der Waals surface area contributed by atoms with Crippen molar-refractivity contribution in [3.8, 4) is 6.07 Å². The topological polar surface area (TPSA) is 120 Å². The van der Waals surface area contributed by atoms with Crippen LogP contribution in [0.5, 0.6) is 0 Å². The van der Waals surface area contributed by atoms with Gasteiger partial charge in [0.05, 0.1) is 11.0 Å². The van der Waals surface area contributed by atoms with Gasteiger partial charge in [-0.05, 0) is 6.92 Å². The third kappa shape index (κ3) is 2.31. The third-order valence-corrected chi connectivity index (χ3v) is 2.07. The van der Waals surface area contributed by atoms with E-state index in [1.54, 1.807) is 0 Å². The average Bonchev–Trinajstić information content (AvgIpc) is 2.27. The van der Waals surface area contributed by atoms with Gasteiger partial charge in [-0.2, -0.15) is 5.26 Å². The summed E-state index contributed by atoms with van der Waals surface area (Å²) in [5, 5.41) is 37.6. The fourth-order valence-corrected chi connectivity index (χ4v) is 1.18. The number of hydrogen-bond acceptors (Lipinski definition) is 6. The van der Waals surface area contributed by atoms with E-state index in [9.17, 15) is 15.2 Å². The first-order valence-corrected chi connectivity index (χ1v) is 4.34. The van der Waals surface area contributed by atoms with E-state index < -0.39 is 17.1 Å². The molecule has 2 atom stereocenters. The van der Waals surface area contributed by atoms with Crippen LogP contribution in [0.1, 0.15) is 17.4 Å². The van der Waals surface area contributed by atoms with Crippen molar-refractivity contribution in [1.29, 1.82) is 5.26 Å². The van der Waals surface area contributed by atoms with Gasteiger partial charge in [-0.3, -0.25) is 15.1 Å². The predicted octanol–water partition coefficient (Wildman–Crippen LogP) is 0.216. The Balaban J connectivity index is 3.17. The first-order valence-electron chi connectivity index (χ1n) is 4.34. The van der Waals surface area contributed by atoms with E-state index >= 15 is 0 Å². The smallest absolute Gasteiger partial charge is 0.287 e. The molecule has 0 aliphatic rings. The molecule has 2 unspecified atom stereocenters. The van der Waals surface area contributed by atoms with Crippen molar-refractivity contribution in [2.75, 3.05) is 0 Å². The summed E-state index contributed by atoms with van der Waals surface area (Å²) in [7, 11) is 0. The van der Waals surface area contributed by atoms with Gasteiger partial charge in [0.2, 0.25) is 0 Å². The third-order valence-electron chi connectivity index (χ3n) is 2.07. The van der Waals surface area contributed by atoms with Crippen LogP contribution in [0.2, 0.25) is 0 Å². The molecule has 1 rings (SSSR count). The summed E-state index contributed by atoms with van der Waals surface area (Å²) in [5.41, 5.74) is 0.0976. The fraction of sp³-hybridized carbons (Fsp3) is 0.333. The molecule has 2 N–H and O–H groups in total. The highest BCUT2D eigenvalue weighted by atomic mass is 16.6. The molecule has 0 aliphatic carbocycles. The minimum Gasteiger partial charge on any atom is -0.384 e. The van der Waals surface area contributed by atoms with Gasteiger partial charge in [-0.25, -0.2) is 0 Å². The summed E-state index contributed by atoms with van der Waals surface area (Å²) >= 11 is 0. The lowest BCUT2D eigenvalue weighted by atomic mass is 10.0. The Kier molecular flexibility index (Phi) is 3.50. The zero-order valence-electron chi connectivity index (χ0n) is 8.36. The number of rotatable bonds is 3. The Morgan fingerprint density at radius 3 is 2.75 bits per heavy atom. The predicted molar refractivity (Wildman–Crippen MR) is 52.2 cm³/mol. The molecule has 84 valence electrons. The summed E-state index contributed by atoms with van der Waals surface area (Å²) in [5.74, 6) is 0. The molecule has 0 saturated heterocycles. The summed E-state index contributed by atoms with van der Waals surface area (Å²) in [6, 6.07) is 2.54. The van der Waals surface area contributed by atoms with Crippen molar-refractivity contribution in [3.63, 3.8) is 0 Å². The Hall–Kier alpha value is -2.04. The molecule has 0 aromatic carbocycles. The molecular weight excluding hydrogens is 214 g/mol. The number of nitro groups is 1. The number of pyridine rings is 1. The lowest BCUT2D eigenvalue weighted by molar-refractivity contribution is -0.385. The lowest BCUT2D eigenvalue weighted by Crippen LogP contribution is -2.17. The van der Waals surface area contributed by atoms with Crippen LogP contribution in [0, 0.1) is 28.4 Å². The van der Waals surface area contributed by atoms with Crippen molar-refractivity contribution in [2.45, 2.75) is 19.1 Å². The number of aromatic nitrogens is 1. The molecule has 7 heteroatoms. The van der Waals surface area contributed by atoms with E-state index in [0.29, 0.717) is 5.69 Å². The normalized spacial score (nSPS) is 13.9. The Labute approximate surface area is 90.7 Å². The quantitative estimate of drug-likeness (QED) is 0.429. The van der Waals surface area contributed by atoms with Crippen molar-refractivity contribution in [1.82, 2.24) is 4.98 Å². The molecule has 0 aliphatic heterocycles. The molecule has 1 aromatic heterocycles. The molecule has 0 radical (unpaired) electrons. The highest BCUT2D eigenvalue weighted by Crippen LogP contribution is 2.23. The van der Waals surface area contributed by atoms with E-state index in [-0.39, 0.29) is 11.3 Å². The fourth-order valence-electron chi connectivity index (χ4n) is 1.18. The van der Waals surface area contributed by atoms with Crippen LogP contribution < -0.4 is 0 Å². The van der Waals surface area contributed by atoms with Crippen LogP contribution in [-0.2, 0) is 0 Å². The van der Waals surface area contributed by atoms with Gasteiger partial charge < -0.3 is 10.2 Å².